The molecular weight excluding hydrogens is 733 g/mol. The van der Waals surface area contributed by atoms with Gasteiger partial charge in [-0.3, -0.25) is 14.4 Å². The van der Waals surface area contributed by atoms with Crippen LogP contribution in [0.5, 0.6) is 0 Å². The lowest BCUT2D eigenvalue weighted by atomic mass is 10.0. The van der Waals surface area contributed by atoms with Crippen molar-refractivity contribution in [3.8, 4) is 0 Å². The van der Waals surface area contributed by atoms with Crippen molar-refractivity contribution in [1.29, 1.82) is 0 Å². The number of ether oxygens (including phenoxy) is 3. The van der Waals surface area contributed by atoms with Gasteiger partial charge in [-0.05, 0) is 64.2 Å². The molecule has 0 amide bonds. The lowest BCUT2D eigenvalue weighted by Crippen LogP contribution is -2.30. The predicted octanol–water partition coefficient (Wildman–Crippen LogP) is 16.3. The molecule has 0 N–H and O–H groups in total. The highest BCUT2D eigenvalue weighted by atomic mass is 16.6. The summed E-state index contributed by atoms with van der Waals surface area (Å²) in [6, 6.07) is 0. The van der Waals surface area contributed by atoms with Crippen molar-refractivity contribution in [3.63, 3.8) is 0 Å². The fourth-order valence-electron chi connectivity index (χ4n) is 7.08. The number of allylic oxidation sites excluding steroid dienone is 8. The molecule has 59 heavy (non-hydrogen) atoms. The molecule has 6 heteroatoms. The van der Waals surface area contributed by atoms with E-state index in [1.807, 2.05) is 0 Å². The number of carbonyl (C=O) groups is 3. The van der Waals surface area contributed by atoms with Crippen molar-refractivity contribution in [2.45, 2.75) is 258 Å². The maximum Gasteiger partial charge on any atom is 0.306 e. The van der Waals surface area contributed by atoms with Gasteiger partial charge in [-0.2, -0.15) is 0 Å². The van der Waals surface area contributed by atoms with Gasteiger partial charge in [-0.15, -0.1) is 0 Å². The van der Waals surface area contributed by atoms with Crippen LogP contribution in [0.2, 0.25) is 0 Å². The van der Waals surface area contributed by atoms with E-state index in [-0.39, 0.29) is 31.1 Å². The molecule has 6 nitrogen and oxygen atoms in total. The first-order valence-electron chi connectivity index (χ1n) is 25.2. The van der Waals surface area contributed by atoms with Crippen molar-refractivity contribution in [3.05, 3.63) is 48.6 Å². The summed E-state index contributed by atoms with van der Waals surface area (Å²) >= 11 is 0. The van der Waals surface area contributed by atoms with Gasteiger partial charge >= 0.3 is 17.9 Å². The summed E-state index contributed by atoms with van der Waals surface area (Å²) in [6.07, 6.45) is 56.6. The van der Waals surface area contributed by atoms with Gasteiger partial charge in [0.25, 0.3) is 0 Å². The molecule has 0 bridgehead atoms. The third kappa shape index (κ3) is 46.3. The number of esters is 3. The second-order valence-corrected chi connectivity index (χ2v) is 16.8. The molecule has 0 spiro atoms. The smallest absolute Gasteiger partial charge is 0.306 e. The van der Waals surface area contributed by atoms with Crippen molar-refractivity contribution in [2.75, 3.05) is 13.2 Å². The number of carbonyl (C=O) groups excluding carboxylic acids is 3. The molecule has 0 aromatic rings. The van der Waals surface area contributed by atoms with E-state index in [0.29, 0.717) is 19.3 Å². The minimum absolute atomic E-state index is 0.0841. The minimum atomic E-state index is -0.786. The highest BCUT2D eigenvalue weighted by Crippen LogP contribution is 2.15. The summed E-state index contributed by atoms with van der Waals surface area (Å²) in [5.74, 6) is -0.916. The molecule has 0 rings (SSSR count). The quantitative estimate of drug-likeness (QED) is 0.0200. The maximum atomic E-state index is 12.8. The molecular formula is C53H94O6. The minimum Gasteiger partial charge on any atom is -0.462 e. The van der Waals surface area contributed by atoms with E-state index < -0.39 is 6.10 Å². The molecule has 0 saturated heterocycles. The summed E-state index contributed by atoms with van der Waals surface area (Å²) in [4.78, 5) is 37.9. The van der Waals surface area contributed by atoms with Crippen molar-refractivity contribution < 1.29 is 28.6 Å². The van der Waals surface area contributed by atoms with Gasteiger partial charge in [-0.25, -0.2) is 0 Å². The third-order valence-electron chi connectivity index (χ3n) is 10.9. The highest BCUT2D eigenvalue weighted by molar-refractivity contribution is 5.71. The molecule has 0 saturated carbocycles. The second kappa shape index (κ2) is 48.0. The normalized spacial score (nSPS) is 12.4. The second-order valence-electron chi connectivity index (χ2n) is 16.8. The van der Waals surface area contributed by atoms with Gasteiger partial charge in [0.05, 0.1) is 0 Å². The average molecular weight is 827 g/mol. The van der Waals surface area contributed by atoms with E-state index in [1.54, 1.807) is 0 Å². The number of hydrogen-bond acceptors (Lipinski definition) is 6. The molecule has 342 valence electrons. The summed E-state index contributed by atoms with van der Waals surface area (Å²) in [5, 5.41) is 0. The van der Waals surface area contributed by atoms with Crippen LogP contribution in [0.3, 0.4) is 0 Å². The number of rotatable bonds is 45. The molecule has 0 aromatic heterocycles. The molecule has 0 radical (unpaired) electrons. The molecule has 0 aliphatic carbocycles. The Balaban J connectivity index is 4.40. The van der Waals surface area contributed by atoms with E-state index in [0.717, 1.165) is 96.3 Å². The first-order chi connectivity index (χ1) is 29.0. The average Bonchev–Trinajstić information content (AvgIpc) is 3.23. The van der Waals surface area contributed by atoms with Crippen LogP contribution in [0.15, 0.2) is 48.6 Å². The summed E-state index contributed by atoms with van der Waals surface area (Å²) in [7, 11) is 0. The zero-order valence-corrected chi connectivity index (χ0v) is 39.0. The van der Waals surface area contributed by atoms with E-state index in [4.69, 9.17) is 14.2 Å². The predicted molar refractivity (Wildman–Crippen MR) is 252 cm³/mol. The molecule has 0 aliphatic rings. The zero-order chi connectivity index (χ0) is 43.0. The van der Waals surface area contributed by atoms with Gasteiger partial charge < -0.3 is 14.2 Å². The van der Waals surface area contributed by atoms with Gasteiger partial charge in [0, 0.05) is 19.3 Å². The monoisotopic (exact) mass is 827 g/mol. The first kappa shape index (κ1) is 56.4. The largest absolute Gasteiger partial charge is 0.462 e. The molecule has 0 aliphatic heterocycles. The van der Waals surface area contributed by atoms with E-state index in [1.165, 1.54) is 116 Å². The van der Waals surface area contributed by atoms with E-state index in [2.05, 4.69) is 69.4 Å². The Morgan fingerprint density at radius 1 is 0.356 bits per heavy atom. The standard InChI is InChI=1S/C53H94O6/c1-4-7-10-13-16-19-22-25-26-29-31-34-37-40-43-46-52(55)58-49-50(59-53(56)47-44-41-38-35-32-28-24-21-18-15-12-9-6-3)48-57-51(54)45-42-39-36-33-30-27-23-20-17-14-11-8-5-2/h9,12,15,18,21,24,27,30,50H,4-8,10-11,13-14,16-17,19-20,22-23,25-26,28-29,31-49H2,1-3H3/b12-9-,18-15-,24-21-,30-27-. The number of hydrogen-bond donors (Lipinski definition) is 0. The molecule has 1 unspecified atom stereocenters. The highest BCUT2D eigenvalue weighted by Gasteiger charge is 2.19. The Hall–Kier alpha value is -2.63. The Morgan fingerprint density at radius 3 is 1.08 bits per heavy atom. The van der Waals surface area contributed by atoms with E-state index >= 15 is 0 Å². The van der Waals surface area contributed by atoms with Crippen LogP contribution in [0.1, 0.15) is 252 Å². The topological polar surface area (TPSA) is 78.9 Å². The lowest BCUT2D eigenvalue weighted by Gasteiger charge is -2.18. The van der Waals surface area contributed by atoms with Crippen LogP contribution in [-0.2, 0) is 28.6 Å². The first-order valence-corrected chi connectivity index (χ1v) is 25.2. The molecule has 1 atom stereocenters. The van der Waals surface area contributed by atoms with Crippen molar-refractivity contribution in [1.82, 2.24) is 0 Å². The summed E-state index contributed by atoms with van der Waals surface area (Å²) in [5.41, 5.74) is 0. The van der Waals surface area contributed by atoms with Crippen LogP contribution >= 0.6 is 0 Å². The summed E-state index contributed by atoms with van der Waals surface area (Å²) < 4.78 is 16.7. The Morgan fingerprint density at radius 2 is 0.678 bits per heavy atom. The fourth-order valence-corrected chi connectivity index (χ4v) is 7.08. The molecule has 0 aromatic carbocycles. The van der Waals surface area contributed by atoms with Gasteiger partial charge in [0.2, 0.25) is 0 Å². The van der Waals surface area contributed by atoms with Crippen LogP contribution in [-0.4, -0.2) is 37.2 Å². The Labute approximate surface area is 365 Å². The lowest BCUT2D eigenvalue weighted by molar-refractivity contribution is -0.167. The van der Waals surface area contributed by atoms with E-state index in [9.17, 15) is 14.4 Å². The molecule has 0 fully saturated rings. The van der Waals surface area contributed by atoms with Crippen molar-refractivity contribution >= 4 is 17.9 Å². The number of unbranched alkanes of at least 4 members (excludes halogenated alkanes) is 28. The zero-order valence-electron chi connectivity index (χ0n) is 39.0. The van der Waals surface area contributed by atoms with Crippen LogP contribution in [0, 0.1) is 0 Å². The fraction of sp³-hybridized carbons (Fsp3) is 0.792. The maximum absolute atomic E-state index is 12.8. The van der Waals surface area contributed by atoms with Gasteiger partial charge in [-0.1, -0.05) is 217 Å². The van der Waals surface area contributed by atoms with Gasteiger partial charge in [0.1, 0.15) is 13.2 Å². The van der Waals surface area contributed by atoms with Gasteiger partial charge in [0.15, 0.2) is 6.10 Å². The third-order valence-corrected chi connectivity index (χ3v) is 10.9. The SMILES string of the molecule is CC\C=C/C=C\C=C/CCCCCCCC(=O)OC(COC(=O)CCCCC/C=C\CCCCCCCC)COC(=O)CCCCCCCCCCCCCCCCC. The summed E-state index contributed by atoms with van der Waals surface area (Å²) in [6.45, 7) is 6.48. The van der Waals surface area contributed by atoms with Crippen LogP contribution in [0.25, 0.3) is 0 Å². The Kier molecular flexibility index (Phi) is 45.9. The van der Waals surface area contributed by atoms with Crippen molar-refractivity contribution in [2.24, 2.45) is 0 Å². The molecule has 0 heterocycles. The van der Waals surface area contributed by atoms with Crippen LogP contribution < -0.4 is 0 Å². The van der Waals surface area contributed by atoms with Crippen LogP contribution in [0.4, 0.5) is 0 Å². The Bertz CT molecular complexity index is 1040.